The Hall–Kier alpha value is -3.38. The van der Waals surface area contributed by atoms with Gasteiger partial charge in [-0.3, -0.25) is 14.5 Å². The number of rotatable bonds is 9. The van der Waals surface area contributed by atoms with Gasteiger partial charge in [0.15, 0.2) is 6.29 Å². The second kappa shape index (κ2) is 21.2. The Kier molecular flexibility index (Phi) is 19.1. The molecule has 0 heterocycles. The molecule has 0 spiro atoms. The first-order valence-electron chi connectivity index (χ1n) is 10.5. The minimum absolute atomic E-state index is 0.0865. The highest BCUT2D eigenvalue weighted by Gasteiger charge is 1.94. The Morgan fingerprint density at radius 3 is 1.80 bits per heavy atom. The second-order valence-corrected chi connectivity index (χ2v) is 7.12. The van der Waals surface area contributed by atoms with Crippen LogP contribution in [0.4, 0.5) is 0 Å². The maximum atomic E-state index is 10.1. The number of halogens is 2. The van der Waals surface area contributed by atoms with Gasteiger partial charge in [0.25, 0.3) is 0 Å². The van der Waals surface area contributed by atoms with Gasteiger partial charge in [0.1, 0.15) is 0 Å². The van der Waals surface area contributed by atoms with Crippen molar-refractivity contribution < 1.29 is 14.5 Å². The molecule has 11 nitrogen and oxygen atoms in total. The molecule has 0 aromatic heterocycles. The van der Waals surface area contributed by atoms with Crippen LogP contribution < -0.4 is 28.3 Å². The van der Waals surface area contributed by atoms with E-state index < -0.39 is 0 Å². The molecule has 0 amide bonds. The van der Waals surface area contributed by atoms with Gasteiger partial charge >= 0.3 is 0 Å². The minimum atomic E-state index is 0.0865. The summed E-state index contributed by atoms with van der Waals surface area (Å²) < 4.78 is 0. The van der Waals surface area contributed by atoms with Gasteiger partial charge in [-0.15, -0.1) is 10.2 Å². The molecular formula is C22H32Cl2N8O3. The van der Waals surface area contributed by atoms with E-state index in [0.717, 1.165) is 24.7 Å². The monoisotopic (exact) mass is 526 g/mol. The summed E-state index contributed by atoms with van der Waals surface area (Å²) in [4.78, 5) is 19.9. The van der Waals surface area contributed by atoms with Gasteiger partial charge < -0.3 is 17.3 Å². The van der Waals surface area contributed by atoms with Crippen molar-refractivity contribution in [2.45, 2.75) is 26.7 Å². The molecule has 2 aromatic rings. The first kappa shape index (κ1) is 31.6. The second-order valence-electron chi connectivity index (χ2n) is 6.31. The smallest absolute Gasteiger partial charge is 0.237 e. The average molecular weight is 527 g/mol. The normalized spacial score (nSPS) is 11.1. The molecule has 0 bridgehead atoms. The van der Waals surface area contributed by atoms with Crippen molar-refractivity contribution in [3.8, 4) is 0 Å². The molecule has 0 atom stereocenters. The molecular weight excluding hydrogens is 495 g/mol. The van der Waals surface area contributed by atoms with Crippen LogP contribution in [-0.4, -0.2) is 37.6 Å². The maximum absolute atomic E-state index is 10.1. The summed E-state index contributed by atoms with van der Waals surface area (Å²) in [7, 11) is 0. The summed E-state index contributed by atoms with van der Waals surface area (Å²) in [6.45, 7) is 5.13. The van der Waals surface area contributed by atoms with E-state index >= 15 is 0 Å². The van der Waals surface area contributed by atoms with Crippen molar-refractivity contribution in [3.05, 3.63) is 69.7 Å². The lowest BCUT2D eigenvalue weighted by molar-refractivity contribution is 0.0845. The van der Waals surface area contributed by atoms with Gasteiger partial charge in [-0.1, -0.05) is 73.4 Å². The van der Waals surface area contributed by atoms with E-state index in [9.17, 15) is 4.79 Å². The molecule has 8 N–H and O–H groups in total. The van der Waals surface area contributed by atoms with Crippen LogP contribution >= 0.6 is 23.2 Å². The standard InChI is InChI=1S/C11H15ClN4O.C7H5ClO.C4H12N4O/c1-2-7-17-16-11(13)15-14-8-9-5-3-4-6-10(9)12;8-7-4-2-1-3-6(7)5-9;1-2-3-9-8-4(5)7-6/h3-6,8H,2,7H2,1H3,(H3,13,15,16);1-5H;2-3,6H2,1H3,(H3,5,7,8)/b14-8+;;. The average Bonchev–Trinajstić information content (AvgIpc) is 2.86. The van der Waals surface area contributed by atoms with Gasteiger partial charge in [0.2, 0.25) is 11.9 Å². The molecule has 13 heteroatoms. The quantitative estimate of drug-likeness (QED) is 0.0825. The van der Waals surface area contributed by atoms with Crippen molar-refractivity contribution in [1.29, 1.82) is 0 Å². The number of nitrogens with zero attached hydrogens (tertiary/aromatic N) is 3. The number of benzene rings is 2. The number of hydrazone groups is 1. The van der Waals surface area contributed by atoms with Crippen molar-refractivity contribution in [2.75, 3.05) is 13.2 Å². The molecule has 2 rings (SSSR count). The Morgan fingerprint density at radius 2 is 1.37 bits per heavy atom. The topological polar surface area (TPSA) is 175 Å². The molecule has 2 aromatic carbocycles. The number of hydrogen-bond donors (Lipinski definition) is 5. The highest BCUT2D eigenvalue weighted by Crippen LogP contribution is 2.12. The lowest BCUT2D eigenvalue weighted by atomic mass is 10.2. The Bertz CT molecular complexity index is 942. The molecule has 192 valence electrons. The Balaban J connectivity index is 0.000000543. The van der Waals surface area contributed by atoms with Gasteiger partial charge in [-0.2, -0.15) is 5.10 Å². The predicted octanol–water partition coefficient (Wildman–Crippen LogP) is 3.18. The fourth-order valence-electron chi connectivity index (χ4n) is 1.80. The van der Waals surface area contributed by atoms with E-state index in [2.05, 4.69) is 26.3 Å². The van der Waals surface area contributed by atoms with Gasteiger partial charge in [0.05, 0.1) is 24.5 Å². The molecule has 35 heavy (non-hydrogen) atoms. The van der Waals surface area contributed by atoms with Crippen molar-refractivity contribution in [1.82, 2.24) is 11.0 Å². The van der Waals surface area contributed by atoms with E-state index in [4.69, 9.17) is 50.2 Å². The zero-order valence-corrected chi connectivity index (χ0v) is 21.2. The third-order valence-electron chi connectivity index (χ3n) is 3.40. The lowest BCUT2D eigenvalue weighted by Gasteiger charge is -2.02. The first-order valence-corrected chi connectivity index (χ1v) is 11.2. The molecule has 0 aliphatic carbocycles. The minimum Gasteiger partial charge on any atom is -0.367 e. The third-order valence-corrected chi connectivity index (χ3v) is 4.09. The number of hydroxylamine groups is 2. The summed E-state index contributed by atoms with van der Waals surface area (Å²) >= 11 is 11.5. The number of nitrogens with two attached hydrogens (primary N) is 3. The van der Waals surface area contributed by atoms with E-state index in [0.29, 0.717) is 28.8 Å². The van der Waals surface area contributed by atoms with Crippen molar-refractivity contribution in [3.63, 3.8) is 0 Å². The van der Waals surface area contributed by atoms with Crippen LogP contribution in [0, 0.1) is 0 Å². The number of aldehydes is 1. The fraction of sp³-hybridized carbons (Fsp3) is 0.273. The van der Waals surface area contributed by atoms with Crippen LogP contribution in [-0.2, 0) is 9.68 Å². The molecule has 0 radical (unpaired) electrons. The van der Waals surface area contributed by atoms with Gasteiger partial charge in [-0.25, -0.2) is 11.0 Å². The lowest BCUT2D eigenvalue weighted by Crippen LogP contribution is -2.32. The molecule has 0 saturated carbocycles. The van der Waals surface area contributed by atoms with E-state index in [1.165, 1.54) is 6.21 Å². The largest absolute Gasteiger partial charge is 0.367 e. The molecule has 0 saturated heterocycles. The number of nitrogens with one attached hydrogen (secondary N) is 2. The summed E-state index contributed by atoms with van der Waals surface area (Å²) in [5.74, 6) is 4.96. The highest BCUT2D eigenvalue weighted by molar-refractivity contribution is 6.33. The predicted molar refractivity (Wildman–Crippen MR) is 142 cm³/mol. The molecule has 0 aliphatic heterocycles. The number of carbonyl (C=O) groups excluding carboxylic acids is 1. The van der Waals surface area contributed by atoms with Crippen LogP contribution in [0.5, 0.6) is 0 Å². The number of carbonyl (C=O) groups is 1. The van der Waals surface area contributed by atoms with Gasteiger partial charge in [-0.05, 0) is 25.0 Å². The Morgan fingerprint density at radius 1 is 0.886 bits per heavy atom. The third kappa shape index (κ3) is 16.8. The van der Waals surface area contributed by atoms with Crippen LogP contribution in [0.15, 0.2) is 63.8 Å². The first-order chi connectivity index (χ1) is 16.9. The van der Waals surface area contributed by atoms with Crippen LogP contribution in [0.3, 0.4) is 0 Å². The highest BCUT2D eigenvalue weighted by atomic mass is 35.5. The summed E-state index contributed by atoms with van der Waals surface area (Å²) in [5, 5.41) is 11.7. The molecule has 0 unspecified atom stereocenters. The van der Waals surface area contributed by atoms with E-state index in [1.807, 2.05) is 32.0 Å². The fourth-order valence-corrected chi connectivity index (χ4v) is 2.17. The Labute approximate surface area is 215 Å². The van der Waals surface area contributed by atoms with Gasteiger partial charge in [0, 0.05) is 16.1 Å². The number of guanidine groups is 2. The number of hydrogen-bond acceptors (Lipinski definition) is 7. The summed E-state index contributed by atoms with van der Waals surface area (Å²) in [6, 6.07) is 14.2. The van der Waals surface area contributed by atoms with Crippen molar-refractivity contribution >= 4 is 47.6 Å². The summed E-state index contributed by atoms with van der Waals surface area (Å²) in [5.41, 5.74) is 16.7. The maximum Gasteiger partial charge on any atom is 0.237 e. The van der Waals surface area contributed by atoms with E-state index in [1.54, 1.807) is 30.3 Å². The van der Waals surface area contributed by atoms with Crippen LogP contribution in [0.1, 0.15) is 42.6 Å². The zero-order chi connectivity index (χ0) is 26.3. The zero-order valence-electron chi connectivity index (χ0n) is 19.7. The molecule has 0 aliphatic rings. The SMILES string of the molecule is CCCONC(N)=N/N=C/c1ccccc1Cl.CCCONC(N)=NN.O=Cc1ccccc1Cl. The molecule has 0 fully saturated rings. The van der Waals surface area contributed by atoms with E-state index in [-0.39, 0.29) is 11.9 Å². The van der Waals surface area contributed by atoms with Crippen molar-refractivity contribution in [2.24, 2.45) is 32.6 Å². The summed E-state index contributed by atoms with van der Waals surface area (Å²) in [6.07, 6.45) is 4.08. The van der Waals surface area contributed by atoms with Crippen LogP contribution in [0.25, 0.3) is 0 Å². The van der Waals surface area contributed by atoms with Crippen LogP contribution in [0.2, 0.25) is 10.0 Å².